The third-order valence-corrected chi connectivity index (χ3v) is 6.15. The Hall–Kier alpha value is -0.220. The molecule has 0 saturated heterocycles. The van der Waals surface area contributed by atoms with Crippen LogP contribution in [0.5, 0.6) is 0 Å². The molecule has 0 radical (unpaired) electrons. The molecule has 0 heterocycles. The minimum absolute atomic E-state index is 0.00171. The molecule has 2 aliphatic rings. The fraction of sp³-hybridized carbons (Fsp3) is 0.647. The van der Waals surface area contributed by atoms with Crippen LogP contribution in [-0.2, 0) is 0 Å². The van der Waals surface area contributed by atoms with Gasteiger partial charge in [-0.1, -0.05) is 18.0 Å². The van der Waals surface area contributed by atoms with Crippen molar-refractivity contribution < 1.29 is 5.11 Å². The van der Waals surface area contributed by atoms with Crippen molar-refractivity contribution in [1.29, 1.82) is 0 Å². The lowest BCUT2D eigenvalue weighted by Crippen LogP contribution is -2.52. The molecule has 21 heavy (non-hydrogen) atoms. The monoisotopic (exact) mass is 325 g/mol. The Bertz CT molecular complexity index is 462. The van der Waals surface area contributed by atoms with Gasteiger partial charge in [0.25, 0.3) is 0 Å². The van der Waals surface area contributed by atoms with Gasteiger partial charge in [0.2, 0.25) is 0 Å². The zero-order valence-corrected chi connectivity index (χ0v) is 13.9. The number of benzene rings is 1. The van der Waals surface area contributed by atoms with Gasteiger partial charge in [-0.25, -0.2) is 0 Å². The molecule has 2 unspecified atom stereocenters. The zero-order chi connectivity index (χ0) is 14.7. The van der Waals surface area contributed by atoms with E-state index in [1.165, 1.54) is 37.0 Å². The number of rotatable bonds is 7. The molecule has 0 aliphatic heterocycles. The van der Waals surface area contributed by atoms with Crippen molar-refractivity contribution in [1.82, 2.24) is 5.32 Å². The first-order valence-corrected chi connectivity index (χ1v) is 9.35. The van der Waals surface area contributed by atoms with Crippen LogP contribution < -0.4 is 5.32 Å². The van der Waals surface area contributed by atoms with Gasteiger partial charge in [-0.15, -0.1) is 11.8 Å². The summed E-state index contributed by atoms with van der Waals surface area (Å²) >= 11 is 7.81. The Morgan fingerprint density at radius 1 is 1.24 bits per heavy atom. The summed E-state index contributed by atoms with van der Waals surface area (Å²) in [6.07, 6.45) is 7.38. The predicted octanol–water partition coefficient (Wildman–Crippen LogP) is 4.11. The van der Waals surface area contributed by atoms with Gasteiger partial charge in [0.05, 0.1) is 6.61 Å². The molecule has 3 rings (SSSR count). The van der Waals surface area contributed by atoms with Gasteiger partial charge in [0.1, 0.15) is 0 Å². The Labute approximate surface area is 136 Å². The highest BCUT2D eigenvalue weighted by atomic mass is 35.5. The Morgan fingerprint density at radius 2 is 2.00 bits per heavy atom. The standard InChI is InChI=1S/C17H24ClNOS/c18-14-3-7-16(8-4-14)21-11-9-13-2-1-10-17(13,12-20)19-15-5-6-15/h3-4,7-8,13,15,19-20H,1-2,5-6,9-12H2. The van der Waals surface area contributed by atoms with Gasteiger partial charge in [-0.3, -0.25) is 0 Å². The largest absolute Gasteiger partial charge is 0.394 e. The second-order valence-electron chi connectivity index (χ2n) is 6.41. The average molecular weight is 326 g/mol. The quantitative estimate of drug-likeness (QED) is 0.740. The van der Waals surface area contributed by atoms with E-state index in [1.807, 2.05) is 23.9 Å². The minimum Gasteiger partial charge on any atom is -0.394 e. The molecule has 2 atom stereocenters. The van der Waals surface area contributed by atoms with Gasteiger partial charge in [-0.2, -0.15) is 0 Å². The third kappa shape index (κ3) is 3.95. The molecule has 2 fully saturated rings. The number of nitrogens with one attached hydrogen (secondary N) is 1. The molecule has 4 heteroatoms. The van der Waals surface area contributed by atoms with Crippen LogP contribution in [0.1, 0.15) is 38.5 Å². The number of thioether (sulfide) groups is 1. The molecule has 2 nitrogen and oxygen atoms in total. The van der Waals surface area contributed by atoms with Gasteiger partial charge in [0.15, 0.2) is 0 Å². The lowest BCUT2D eigenvalue weighted by molar-refractivity contribution is 0.120. The molecule has 0 aromatic heterocycles. The number of aliphatic hydroxyl groups excluding tert-OH is 1. The maximum absolute atomic E-state index is 9.93. The lowest BCUT2D eigenvalue weighted by atomic mass is 9.85. The van der Waals surface area contributed by atoms with Crippen molar-refractivity contribution in [2.75, 3.05) is 12.4 Å². The summed E-state index contributed by atoms with van der Waals surface area (Å²) in [4.78, 5) is 1.28. The second-order valence-corrected chi connectivity index (χ2v) is 8.02. The number of halogens is 1. The van der Waals surface area contributed by atoms with Crippen molar-refractivity contribution in [3.05, 3.63) is 29.3 Å². The molecule has 1 aromatic carbocycles. The molecular formula is C17H24ClNOS. The number of hydrogen-bond acceptors (Lipinski definition) is 3. The van der Waals surface area contributed by atoms with Crippen LogP contribution in [0, 0.1) is 5.92 Å². The summed E-state index contributed by atoms with van der Waals surface area (Å²) in [7, 11) is 0. The molecule has 2 saturated carbocycles. The smallest absolute Gasteiger partial charge is 0.0616 e. The maximum Gasteiger partial charge on any atom is 0.0616 e. The third-order valence-electron chi connectivity index (χ3n) is 4.86. The van der Waals surface area contributed by atoms with Crippen LogP contribution in [0.3, 0.4) is 0 Å². The van der Waals surface area contributed by atoms with E-state index in [9.17, 15) is 5.11 Å². The molecule has 0 spiro atoms. The molecule has 0 bridgehead atoms. The SMILES string of the molecule is OCC1(NC2CC2)CCCC1CCSc1ccc(Cl)cc1. The van der Waals surface area contributed by atoms with E-state index in [4.69, 9.17) is 11.6 Å². The van der Waals surface area contributed by atoms with Crippen LogP contribution in [0.25, 0.3) is 0 Å². The van der Waals surface area contributed by atoms with E-state index < -0.39 is 0 Å². The van der Waals surface area contributed by atoms with E-state index in [0.29, 0.717) is 18.6 Å². The van der Waals surface area contributed by atoms with Crippen molar-refractivity contribution in [2.45, 2.75) is 55.0 Å². The first kappa shape index (κ1) is 15.7. The van der Waals surface area contributed by atoms with Gasteiger partial charge in [0, 0.05) is 21.5 Å². The molecular weight excluding hydrogens is 302 g/mol. The Balaban J connectivity index is 1.52. The van der Waals surface area contributed by atoms with E-state index in [0.717, 1.165) is 17.2 Å². The fourth-order valence-corrected chi connectivity index (χ4v) is 4.59. The van der Waals surface area contributed by atoms with E-state index in [-0.39, 0.29) is 5.54 Å². The van der Waals surface area contributed by atoms with Gasteiger partial charge >= 0.3 is 0 Å². The Morgan fingerprint density at radius 3 is 2.67 bits per heavy atom. The summed E-state index contributed by atoms with van der Waals surface area (Å²) < 4.78 is 0. The summed E-state index contributed by atoms with van der Waals surface area (Å²) in [5.74, 6) is 1.73. The highest BCUT2D eigenvalue weighted by Crippen LogP contribution is 2.41. The summed E-state index contributed by atoms with van der Waals surface area (Å²) in [5.41, 5.74) is 0.00171. The highest BCUT2D eigenvalue weighted by molar-refractivity contribution is 7.99. The fourth-order valence-electron chi connectivity index (χ4n) is 3.49. The van der Waals surface area contributed by atoms with Crippen molar-refractivity contribution in [3.8, 4) is 0 Å². The van der Waals surface area contributed by atoms with E-state index in [2.05, 4.69) is 17.4 Å². The summed E-state index contributed by atoms with van der Waals surface area (Å²) in [6.45, 7) is 0.291. The van der Waals surface area contributed by atoms with Gasteiger partial charge < -0.3 is 10.4 Å². The zero-order valence-electron chi connectivity index (χ0n) is 12.4. The topological polar surface area (TPSA) is 32.3 Å². The van der Waals surface area contributed by atoms with Gasteiger partial charge in [-0.05, 0) is 68.0 Å². The van der Waals surface area contributed by atoms with Crippen LogP contribution in [-0.4, -0.2) is 29.0 Å². The van der Waals surface area contributed by atoms with Crippen LogP contribution in [0.2, 0.25) is 5.02 Å². The Kier molecular flexibility index (Phi) is 5.15. The number of hydrogen-bond donors (Lipinski definition) is 2. The molecule has 2 N–H and O–H groups in total. The first-order valence-electron chi connectivity index (χ1n) is 7.99. The van der Waals surface area contributed by atoms with Crippen LogP contribution in [0.4, 0.5) is 0 Å². The average Bonchev–Trinajstić information content (AvgIpc) is 3.21. The predicted molar refractivity (Wildman–Crippen MR) is 90.1 cm³/mol. The molecule has 116 valence electrons. The minimum atomic E-state index is 0.00171. The van der Waals surface area contributed by atoms with Crippen molar-refractivity contribution in [3.63, 3.8) is 0 Å². The van der Waals surface area contributed by atoms with E-state index >= 15 is 0 Å². The first-order chi connectivity index (χ1) is 10.2. The maximum atomic E-state index is 9.93. The van der Waals surface area contributed by atoms with E-state index in [1.54, 1.807) is 0 Å². The highest BCUT2D eigenvalue weighted by Gasteiger charge is 2.44. The number of aliphatic hydroxyl groups is 1. The van der Waals surface area contributed by atoms with Crippen LogP contribution >= 0.6 is 23.4 Å². The normalized spacial score (nSPS) is 29.0. The second kappa shape index (κ2) is 6.91. The molecule has 2 aliphatic carbocycles. The summed E-state index contributed by atoms with van der Waals surface area (Å²) in [6, 6.07) is 8.74. The summed E-state index contributed by atoms with van der Waals surface area (Å²) in [5, 5.41) is 14.5. The molecule has 0 amide bonds. The lowest BCUT2D eigenvalue weighted by Gasteiger charge is -2.35. The van der Waals surface area contributed by atoms with Crippen LogP contribution in [0.15, 0.2) is 29.2 Å². The van der Waals surface area contributed by atoms with Crippen molar-refractivity contribution in [2.24, 2.45) is 5.92 Å². The molecule has 1 aromatic rings. The van der Waals surface area contributed by atoms with Crippen molar-refractivity contribution >= 4 is 23.4 Å².